The van der Waals surface area contributed by atoms with Gasteiger partial charge in [-0.3, -0.25) is 9.59 Å². The van der Waals surface area contributed by atoms with Crippen LogP contribution in [0.2, 0.25) is 0 Å². The molecule has 2 amide bonds. The fourth-order valence-electron chi connectivity index (χ4n) is 7.66. The number of carbonyl (C=O) groups is 4. The average molecular weight is 1050 g/mol. The van der Waals surface area contributed by atoms with E-state index in [1.54, 1.807) is 13.8 Å². The van der Waals surface area contributed by atoms with Crippen LogP contribution in [0.4, 0.5) is 0 Å². The van der Waals surface area contributed by atoms with Gasteiger partial charge in [-0.25, -0.2) is 9.59 Å². The number of nitrogens with one attached hydrogen (secondary N) is 3. The summed E-state index contributed by atoms with van der Waals surface area (Å²) in [6, 6.07) is -0.432. The van der Waals surface area contributed by atoms with Crippen LogP contribution in [0, 0.1) is 11.8 Å². The number of hydrogen-bond acceptors (Lipinski definition) is 18. The SMILES string of the molecule is CCOC(=O)C1=C[C@@H](OC(CC)CC)[C@H](C)[C@@H](NC(=O)CCOCCOCCOCCOCCN)C1.CCOC(=O)C1=C[C@@H](OC(CC)CC)[C@H](C)[C@@H](NC(=O)CCOCCOCCOCCOCCNC)C1. The van der Waals surface area contributed by atoms with Crippen molar-refractivity contribution in [3.05, 3.63) is 23.3 Å². The molecule has 0 unspecified atom stereocenters. The van der Waals surface area contributed by atoms with Crippen LogP contribution in [-0.4, -0.2) is 199 Å². The van der Waals surface area contributed by atoms with Gasteiger partial charge in [-0.2, -0.15) is 0 Å². The molecule has 6 atom stereocenters. The van der Waals surface area contributed by atoms with Crippen molar-refractivity contribution in [2.45, 2.75) is 143 Å². The summed E-state index contributed by atoms with van der Waals surface area (Å²) in [5, 5.41) is 9.15. The minimum absolute atomic E-state index is 0.0245. The number of ether oxygens (including phenoxy) is 12. The molecule has 0 heterocycles. The highest BCUT2D eigenvalue weighted by molar-refractivity contribution is 5.89. The lowest BCUT2D eigenvalue weighted by molar-refractivity contribution is -0.140. The Morgan fingerprint density at radius 1 is 0.507 bits per heavy atom. The van der Waals surface area contributed by atoms with E-state index in [0.29, 0.717) is 149 Å². The molecule has 20 nitrogen and oxygen atoms in total. The second-order valence-electron chi connectivity index (χ2n) is 17.7. The fraction of sp³-hybridized carbons (Fsp3) is 0.849. The molecule has 0 radical (unpaired) electrons. The molecule has 20 heteroatoms. The van der Waals surface area contributed by atoms with E-state index in [-0.39, 0.29) is 84.9 Å². The van der Waals surface area contributed by atoms with E-state index in [0.717, 1.165) is 32.2 Å². The van der Waals surface area contributed by atoms with Gasteiger partial charge in [-0.15, -0.1) is 0 Å². The summed E-state index contributed by atoms with van der Waals surface area (Å²) in [5.74, 6) is -0.886. The van der Waals surface area contributed by atoms with Crippen molar-refractivity contribution < 1.29 is 76.0 Å². The second-order valence-corrected chi connectivity index (χ2v) is 17.7. The molecule has 2 rings (SSSR count). The van der Waals surface area contributed by atoms with Crippen LogP contribution in [0.15, 0.2) is 23.3 Å². The van der Waals surface area contributed by atoms with Gasteiger partial charge in [0.05, 0.1) is 143 Å². The number of nitrogens with two attached hydrogens (primary N) is 1. The van der Waals surface area contributed by atoms with E-state index in [1.165, 1.54) is 0 Å². The number of carbonyl (C=O) groups excluding carboxylic acids is 4. The minimum atomic E-state index is -0.351. The van der Waals surface area contributed by atoms with Crippen LogP contribution in [0.1, 0.15) is 107 Å². The van der Waals surface area contributed by atoms with Crippen molar-refractivity contribution in [2.75, 3.05) is 139 Å². The lowest BCUT2D eigenvalue weighted by atomic mass is 9.83. The summed E-state index contributed by atoms with van der Waals surface area (Å²) in [6.45, 7) is 25.5. The molecule has 0 saturated carbocycles. The fourth-order valence-corrected chi connectivity index (χ4v) is 7.66. The van der Waals surface area contributed by atoms with Crippen molar-refractivity contribution in [3.63, 3.8) is 0 Å². The second kappa shape index (κ2) is 45.1. The van der Waals surface area contributed by atoms with E-state index in [4.69, 9.17) is 62.6 Å². The first kappa shape index (κ1) is 67.9. The molecule has 0 bridgehead atoms. The Bertz CT molecular complexity index is 1480. The predicted octanol–water partition coefficient (Wildman–Crippen LogP) is 4.24. The number of amides is 2. The Morgan fingerprint density at radius 2 is 0.822 bits per heavy atom. The van der Waals surface area contributed by atoms with Crippen LogP contribution in [-0.2, 0) is 76.0 Å². The van der Waals surface area contributed by atoms with Gasteiger partial charge >= 0.3 is 11.9 Å². The third-order valence-corrected chi connectivity index (χ3v) is 12.1. The first-order valence-electron chi connectivity index (χ1n) is 27.0. The van der Waals surface area contributed by atoms with Gasteiger partial charge in [0, 0.05) is 61.0 Å². The summed E-state index contributed by atoms with van der Waals surface area (Å²) < 4.78 is 66.3. The zero-order valence-electron chi connectivity index (χ0n) is 46.2. The van der Waals surface area contributed by atoms with Gasteiger partial charge < -0.3 is 78.5 Å². The van der Waals surface area contributed by atoms with Crippen LogP contribution in [0.25, 0.3) is 0 Å². The van der Waals surface area contributed by atoms with Gasteiger partial charge in [0.1, 0.15) is 0 Å². The molecule has 0 aromatic carbocycles. The van der Waals surface area contributed by atoms with Crippen molar-refractivity contribution in [2.24, 2.45) is 17.6 Å². The quantitative estimate of drug-likeness (QED) is 0.0493. The highest BCUT2D eigenvalue weighted by atomic mass is 16.6. The third kappa shape index (κ3) is 32.2. The summed E-state index contributed by atoms with van der Waals surface area (Å²) in [4.78, 5) is 50.0. The van der Waals surface area contributed by atoms with E-state index < -0.39 is 0 Å². The van der Waals surface area contributed by atoms with Gasteiger partial charge in [-0.05, 0) is 71.6 Å². The number of esters is 2. The first-order chi connectivity index (χ1) is 35.4. The molecule has 2 aliphatic carbocycles. The Labute approximate surface area is 437 Å². The van der Waals surface area contributed by atoms with Crippen molar-refractivity contribution >= 4 is 23.8 Å². The molecule has 0 fully saturated rings. The van der Waals surface area contributed by atoms with Gasteiger partial charge in [-0.1, -0.05) is 41.5 Å². The standard InChI is InChI=1S/C27H50N2O8.C26H48N2O8/c1-6-23(7-2)37-25-20-22(27(31)36-8-3)19-24(21(25)4)29-26(30)9-11-32-13-15-34-17-18-35-16-14-33-12-10-28-5;1-5-22(6-2)36-24-19-21(26(30)35-7-3)18-23(20(24)4)28-25(29)8-10-31-12-14-33-16-17-34-15-13-32-11-9-27/h20-21,23-25,28H,6-19H2,1-5H3,(H,29,30);19-20,22-24H,5-18,27H2,1-4H3,(H,28,29)/t21-,24+,25-;20-,23+,24-/m11/s1. The lowest BCUT2D eigenvalue weighted by Gasteiger charge is -2.36. The predicted molar refractivity (Wildman–Crippen MR) is 278 cm³/mol. The number of likely N-dealkylation sites (N-methyl/N-ethyl adjacent to an activating group) is 1. The Balaban J connectivity index is 0.000000730. The molecular formula is C53H98N4O16. The van der Waals surface area contributed by atoms with Gasteiger partial charge in [0.25, 0.3) is 0 Å². The maximum atomic E-state index is 12.6. The summed E-state index contributed by atoms with van der Waals surface area (Å²) in [5.41, 5.74) is 6.44. The zero-order chi connectivity index (χ0) is 53.9. The molecule has 5 N–H and O–H groups in total. The molecular weight excluding hydrogens is 949 g/mol. The largest absolute Gasteiger partial charge is 0.463 e. The third-order valence-electron chi connectivity index (χ3n) is 12.1. The monoisotopic (exact) mass is 1050 g/mol. The zero-order valence-corrected chi connectivity index (χ0v) is 46.2. The van der Waals surface area contributed by atoms with E-state index in [9.17, 15) is 19.2 Å². The van der Waals surface area contributed by atoms with Crippen LogP contribution >= 0.6 is 0 Å². The molecule has 0 aliphatic heterocycles. The van der Waals surface area contributed by atoms with Crippen LogP contribution in [0.5, 0.6) is 0 Å². The van der Waals surface area contributed by atoms with E-state index in [2.05, 4.69) is 43.6 Å². The number of rotatable bonds is 43. The smallest absolute Gasteiger partial charge is 0.333 e. The Kier molecular flexibility index (Phi) is 42.0. The highest BCUT2D eigenvalue weighted by Crippen LogP contribution is 2.30. The molecule has 426 valence electrons. The van der Waals surface area contributed by atoms with E-state index in [1.807, 2.05) is 33.0 Å². The first-order valence-corrected chi connectivity index (χ1v) is 27.0. The number of hydrogen-bond donors (Lipinski definition) is 4. The average Bonchev–Trinajstić information content (AvgIpc) is 3.38. The Morgan fingerprint density at radius 3 is 1.12 bits per heavy atom. The topological polar surface area (TPSA) is 241 Å². The molecule has 73 heavy (non-hydrogen) atoms. The van der Waals surface area contributed by atoms with Gasteiger partial charge in [0.2, 0.25) is 11.8 Å². The van der Waals surface area contributed by atoms with Crippen molar-refractivity contribution in [1.29, 1.82) is 0 Å². The summed E-state index contributed by atoms with van der Waals surface area (Å²) >= 11 is 0. The molecule has 0 saturated heterocycles. The van der Waals surface area contributed by atoms with Crippen molar-refractivity contribution in [3.8, 4) is 0 Å². The summed E-state index contributed by atoms with van der Waals surface area (Å²) in [7, 11) is 1.88. The van der Waals surface area contributed by atoms with Gasteiger partial charge in [0.15, 0.2) is 0 Å². The Hall–Kier alpha value is -3.12. The lowest BCUT2D eigenvalue weighted by Crippen LogP contribution is -2.48. The molecule has 0 aromatic rings. The normalized spacial score (nSPS) is 19.7. The molecule has 2 aliphatic rings. The van der Waals surface area contributed by atoms with Crippen LogP contribution in [0.3, 0.4) is 0 Å². The maximum absolute atomic E-state index is 12.6. The maximum Gasteiger partial charge on any atom is 0.333 e. The molecule has 0 spiro atoms. The molecule has 0 aromatic heterocycles. The highest BCUT2D eigenvalue weighted by Gasteiger charge is 2.36. The minimum Gasteiger partial charge on any atom is -0.463 e. The van der Waals surface area contributed by atoms with Crippen molar-refractivity contribution in [1.82, 2.24) is 16.0 Å². The van der Waals surface area contributed by atoms with Crippen LogP contribution < -0.4 is 21.7 Å². The summed E-state index contributed by atoms with van der Waals surface area (Å²) in [6.07, 6.45) is 8.28. The van der Waals surface area contributed by atoms with E-state index >= 15 is 0 Å².